The molecule has 7 nitrogen and oxygen atoms in total. The minimum atomic E-state index is -4.79. The van der Waals surface area contributed by atoms with Gasteiger partial charge in [0.05, 0.1) is 26.2 Å². The summed E-state index contributed by atoms with van der Waals surface area (Å²) in [5.74, 6) is -0.439. The maximum Gasteiger partial charge on any atom is 0.404 e. The Labute approximate surface area is 227 Å². The third-order valence-electron chi connectivity index (χ3n) is 5.92. The standard InChI is InChI=1S/C23H28Cl2F3N3O4S2/c1-12(23(26,27)28)31-37(34,35)15-10-9-14(16(24)17(15)25)19-18(13-7-5-4-6-8-13)30-21(36-19)20(32)29-11-22(2,3)33/h9-10,12-13,31,33H,4-8,11H2,1-3H3,(H,29,32)/t12-/m0/s1. The SMILES string of the molecule is C[C@H](NS(=O)(=O)c1ccc(-c2sc(C(=O)NCC(C)(C)O)nc2C2CCCCC2)c(Cl)c1Cl)C(F)(F)F. The van der Waals surface area contributed by atoms with Crippen molar-refractivity contribution in [3.8, 4) is 10.4 Å². The lowest BCUT2D eigenvalue weighted by Crippen LogP contribution is -2.43. The minimum absolute atomic E-state index is 0.00198. The molecular weight excluding hydrogens is 574 g/mol. The fourth-order valence-corrected chi connectivity index (χ4v) is 7.18. The van der Waals surface area contributed by atoms with Crippen LogP contribution >= 0.6 is 34.5 Å². The molecular formula is C23H28Cl2F3N3O4S2. The second-order valence-corrected chi connectivity index (χ2v) is 13.1. The molecule has 0 saturated heterocycles. The molecule has 14 heteroatoms. The maximum absolute atomic E-state index is 12.9. The molecule has 1 aliphatic carbocycles. The Bertz CT molecular complexity index is 1260. The number of thiazole rings is 1. The van der Waals surface area contributed by atoms with Crippen LogP contribution in [0.2, 0.25) is 10.0 Å². The summed E-state index contributed by atoms with van der Waals surface area (Å²) in [5.41, 5.74) is -0.165. The Morgan fingerprint density at radius 3 is 2.38 bits per heavy atom. The van der Waals surface area contributed by atoms with E-state index in [1.54, 1.807) is 18.6 Å². The van der Waals surface area contributed by atoms with Crippen LogP contribution < -0.4 is 10.0 Å². The molecule has 1 aromatic heterocycles. The van der Waals surface area contributed by atoms with Gasteiger partial charge in [-0.1, -0.05) is 48.5 Å². The number of rotatable bonds is 8. The van der Waals surface area contributed by atoms with Gasteiger partial charge in [-0.05, 0) is 39.7 Å². The van der Waals surface area contributed by atoms with Gasteiger partial charge in [-0.25, -0.2) is 13.4 Å². The number of carbonyl (C=O) groups excluding carboxylic acids is 1. The molecule has 0 radical (unpaired) electrons. The van der Waals surface area contributed by atoms with Crippen molar-refractivity contribution in [1.82, 2.24) is 15.0 Å². The molecule has 1 saturated carbocycles. The first-order chi connectivity index (χ1) is 17.0. The molecule has 3 N–H and O–H groups in total. The van der Waals surface area contributed by atoms with Crippen molar-refractivity contribution in [2.75, 3.05) is 6.54 Å². The summed E-state index contributed by atoms with van der Waals surface area (Å²) in [6.45, 7) is 3.78. The summed E-state index contributed by atoms with van der Waals surface area (Å²) in [4.78, 5) is 17.3. The lowest BCUT2D eigenvalue weighted by molar-refractivity contribution is -0.147. The summed E-state index contributed by atoms with van der Waals surface area (Å²) in [7, 11) is -4.64. The van der Waals surface area contributed by atoms with E-state index in [1.165, 1.54) is 6.07 Å². The van der Waals surface area contributed by atoms with Crippen LogP contribution in [0.5, 0.6) is 0 Å². The van der Waals surface area contributed by atoms with E-state index in [2.05, 4.69) is 10.3 Å². The van der Waals surface area contributed by atoms with Crippen LogP contribution in [0.15, 0.2) is 17.0 Å². The van der Waals surface area contributed by atoms with Crippen molar-refractivity contribution in [3.63, 3.8) is 0 Å². The zero-order chi connectivity index (χ0) is 27.8. The molecule has 206 valence electrons. The summed E-state index contributed by atoms with van der Waals surface area (Å²) in [5, 5.41) is 12.1. The molecule has 2 aromatic rings. The first-order valence-electron chi connectivity index (χ1n) is 11.6. The van der Waals surface area contributed by atoms with E-state index in [-0.39, 0.29) is 22.5 Å². The molecule has 0 spiro atoms. The Hall–Kier alpha value is -1.44. The van der Waals surface area contributed by atoms with E-state index < -0.39 is 43.7 Å². The van der Waals surface area contributed by atoms with Crippen LogP contribution in [-0.2, 0) is 10.0 Å². The van der Waals surface area contributed by atoms with Crippen molar-refractivity contribution in [2.45, 2.75) is 81.5 Å². The zero-order valence-electron chi connectivity index (χ0n) is 20.4. The molecule has 3 rings (SSSR count). The predicted octanol–water partition coefficient (Wildman–Crippen LogP) is 5.89. The van der Waals surface area contributed by atoms with E-state index in [1.807, 2.05) is 0 Å². The lowest BCUT2D eigenvalue weighted by atomic mass is 9.86. The number of alkyl halides is 3. The molecule has 1 heterocycles. The van der Waals surface area contributed by atoms with Gasteiger partial charge < -0.3 is 10.4 Å². The topological polar surface area (TPSA) is 108 Å². The molecule has 0 bridgehead atoms. The van der Waals surface area contributed by atoms with Crippen molar-refractivity contribution >= 4 is 50.5 Å². The van der Waals surface area contributed by atoms with Crippen molar-refractivity contribution in [2.24, 2.45) is 0 Å². The van der Waals surface area contributed by atoms with Crippen molar-refractivity contribution in [1.29, 1.82) is 0 Å². The van der Waals surface area contributed by atoms with Gasteiger partial charge in [0.2, 0.25) is 10.0 Å². The number of amides is 1. The summed E-state index contributed by atoms with van der Waals surface area (Å²) in [6.07, 6.45) is -0.0509. The number of aliphatic hydroxyl groups is 1. The normalized spacial score (nSPS) is 16.6. The van der Waals surface area contributed by atoms with Gasteiger partial charge in [0.15, 0.2) is 5.01 Å². The molecule has 1 aliphatic rings. The Balaban J connectivity index is 2.04. The molecule has 37 heavy (non-hydrogen) atoms. The smallest absolute Gasteiger partial charge is 0.389 e. The Kier molecular flexibility index (Phi) is 9.24. The highest BCUT2D eigenvalue weighted by Gasteiger charge is 2.39. The monoisotopic (exact) mass is 601 g/mol. The van der Waals surface area contributed by atoms with Gasteiger partial charge >= 0.3 is 6.18 Å². The number of aromatic nitrogens is 1. The lowest BCUT2D eigenvalue weighted by Gasteiger charge is -2.21. The third kappa shape index (κ3) is 7.36. The quantitative estimate of drug-likeness (QED) is 0.349. The first-order valence-corrected chi connectivity index (χ1v) is 14.7. The van der Waals surface area contributed by atoms with Crippen LogP contribution in [0.3, 0.4) is 0 Å². The van der Waals surface area contributed by atoms with E-state index >= 15 is 0 Å². The van der Waals surface area contributed by atoms with E-state index in [0.717, 1.165) is 49.5 Å². The van der Waals surface area contributed by atoms with Crippen LogP contribution in [0.1, 0.15) is 74.3 Å². The van der Waals surface area contributed by atoms with Gasteiger partial charge in [-0.3, -0.25) is 4.79 Å². The van der Waals surface area contributed by atoms with Gasteiger partial charge in [0.25, 0.3) is 5.91 Å². The molecule has 1 atom stereocenters. The molecule has 1 aromatic carbocycles. The van der Waals surface area contributed by atoms with Gasteiger partial charge in [-0.2, -0.15) is 17.9 Å². The second-order valence-electron chi connectivity index (χ2n) is 9.69. The number of nitrogens with zero attached hydrogens (tertiary/aromatic N) is 1. The zero-order valence-corrected chi connectivity index (χ0v) is 23.5. The Morgan fingerprint density at radius 1 is 1.19 bits per heavy atom. The highest BCUT2D eigenvalue weighted by molar-refractivity contribution is 7.89. The molecule has 1 fully saturated rings. The van der Waals surface area contributed by atoms with Crippen LogP contribution in [0.25, 0.3) is 10.4 Å². The average molecular weight is 603 g/mol. The average Bonchev–Trinajstić information content (AvgIpc) is 3.23. The van der Waals surface area contributed by atoms with Crippen molar-refractivity contribution in [3.05, 3.63) is 32.9 Å². The van der Waals surface area contributed by atoms with Crippen molar-refractivity contribution < 1.29 is 31.5 Å². The summed E-state index contributed by atoms with van der Waals surface area (Å²) >= 11 is 13.8. The van der Waals surface area contributed by atoms with Crippen LogP contribution in [0, 0.1) is 0 Å². The van der Waals surface area contributed by atoms with E-state index in [0.29, 0.717) is 23.1 Å². The summed E-state index contributed by atoms with van der Waals surface area (Å²) in [6, 6.07) is 0.114. The number of halogens is 5. The van der Waals surface area contributed by atoms with Gasteiger partial charge in [0, 0.05) is 18.0 Å². The number of hydrogen-bond acceptors (Lipinski definition) is 6. The Morgan fingerprint density at radius 2 is 1.81 bits per heavy atom. The number of hydrogen-bond donors (Lipinski definition) is 3. The van der Waals surface area contributed by atoms with E-state index in [4.69, 9.17) is 23.2 Å². The highest BCUT2D eigenvalue weighted by Crippen LogP contribution is 2.45. The maximum atomic E-state index is 12.9. The fourth-order valence-electron chi connectivity index (χ4n) is 3.92. The van der Waals surface area contributed by atoms with Crippen LogP contribution in [0.4, 0.5) is 13.2 Å². The first kappa shape index (κ1) is 30.1. The molecule has 0 aliphatic heterocycles. The van der Waals surface area contributed by atoms with Gasteiger partial charge in [0.1, 0.15) is 10.9 Å². The van der Waals surface area contributed by atoms with E-state index in [9.17, 15) is 31.5 Å². The number of nitrogens with one attached hydrogen (secondary N) is 2. The molecule has 1 amide bonds. The molecule has 0 unspecified atom stereocenters. The van der Waals surface area contributed by atoms with Crippen LogP contribution in [-0.4, -0.2) is 48.8 Å². The number of carbonyl (C=O) groups is 1. The van der Waals surface area contributed by atoms with Gasteiger partial charge in [-0.15, -0.1) is 11.3 Å². The predicted molar refractivity (Wildman–Crippen MR) is 138 cm³/mol. The summed E-state index contributed by atoms with van der Waals surface area (Å²) < 4.78 is 65.6. The third-order valence-corrected chi connectivity index (χ3v) is 9.61. The minimum Gasteiger partial charge on any atom is -0.389 e. The number of sulfonamides is 1. The second kappa shape index (κ2) is 11.4. The number of benzene rings is 1. The largest absolute Gasteiger partial charge is 0.404 e. The fraction of sp³-hybridized carbons (Fsp3) is 0.565. The highest BCUT2D eigenvalue weighted by atomic mass is 35.5.